The largest absolute Gasteiger partial charge is 0.462 e. The Morgan fingerprint density at radius 3 is 2.83 bits per heavy atom. The molecule has 1 aromatic carbocycles. The molecule has 2 aliphatic carbocycles. The van der Waals surface area contributed by atoms with E-state index in [1.807, 2.05) is 24.1 Å². The SMILES string of the molecule is [C-]#[N+]C[C@H]1CN(c2nc(OC[C@@H]3C[C@@H](F)CN3C)nc3nc(-c4cccc5c4C4CC4C5)ccc23)CCN1C(=O)C=C. The molecule has 2 aliphatic heterocycles. The van der Waals surface area contributed by atoms with Crippen LogP contribution in [-0.4, -0.2) is 95.3 Å². The number of likely N-dealkylation sites (tertiary alicyclic amines) is 1. The lowest BCUT2D eigenvalue weighted by Crippen LogP contribution is -2.56. The number of anilines is 1. The van der Waals surface area contributed by atoms with Gasteiger partial charge < -0.3 is 19.4 Å². The molecule has 1 saturated carbocycles. The van der Waals surface area contributed by atoms with Gasteiger partial charge in [0.25, 0.3) is 0 Å². The molecule has 7 rings (SSSR count). The Hall–Kier alpha value is -4.10. The van der Waals surface area contributed by atoms with Crippen LogP contribution in [-0.2, 0) is 11.2 Å². The number of halogens is 1. The molecule has 2 aromatic heterocycles. The first-order valence-electron chi connectivity index (χ1n) is 14.7. The van der Waals surface area contributed by atoms with E-state index in [4.69, 9.17) is 26.3 Å². The molecule has 1 amide bonds. The number of hydrogen-bond donors (Lipinski definition) is 0. The molecule has 3 fully saturated rings. The van der Waals surface area contributed by atoms with E-state index < -0.39 is 6.17 Å². The quantitative estimate of drug-likeness (QED) is 0.317. The van der Waals surface area contributed by atoms with Gasteiger partial charge in [0.2, 0.25) is 12.5 Å². The fourth-order valence-corrected chi connectivity index (χ4v) is 7.09. The molecule has 10 heteroatoms. The van der Waals surface area contributed by atoms with Crippen LogP contribution in [0.15, 0.2) is 43.0 Å². The van der Waals surface area contributed by atoms with E-state index in [9.17, 15) is 9.18 Å². The van der Waals surface area contributed by atoms with Crippen molar-refractivity contribution in [2.75, 3.05) is 51.3 Å². The van der Waals surface area contributed by atoms with E-state index >= 15 is 0 Å². The Morgan fingerprint density at radius 1 is 1.17 bits per heavy atom. The maximum Gasteiger partial charge on any atom is 0.320 e. The molecule has 5 atom stereocenters. The van der Waals surface area contributed by atoms with Crippen LogP contribution >= 0.6 is 0 Å². The highest BCUT2D eigenvalue weighted by molar-refractivity contribution is 5.90. The molecular formula is C32H34FN7O2. The van der Waals surface area contributed by atoms with Gasteiger partial charge in [0.05, 0.1) is 11.1 Å². The molecule has 216 valence electrons. The number of carbonyl (C=O) groups is 1. The van der Waals surface area contributed by atoms with Crippen molar-refractivity contribution in [3.63, 3.8) is 0 Å². The lowest BCUT2D eigenvalue weighted by molar-refractivity contribution is -0.128. The molecule has 4 heterocycles. The third-order valence-corrected chi connectivity index (χ3v) is 9.35. The van der Waals surface area contributed by atoms with Crippen LogP contribution in [0.4, 0.5) is 10.2 Å². The van der Waals surface area contributed by atoms with Crippen LogP contribution in [0.1, 0.15) is 29.9 Å². The van der Waals surface area contributed by atoms with Gasteiger partial charge in [-0.05, 0) is 67.5 Å². The summed E-state index contributed by atoms with van der Waals surface area (Å²) in [6.07, 6.45) is 3.25. The first-order valence-corrected chi connectivity index (χ1v) is 14.7. The highest BCUT2D eigenvalue weighted by Crippen LogP contribution is 2.58. The minimum Gasteiger partial charge on any atom is -0.462 e. The van der Waals surface area contributed by atoms with E-state index in [2.05, 4.69) is 34.5 Å². The number of pyridine rings is 1. The number of likely N-dealkylation sites (N-methyl/N-ethyl adjacent to an activating group) is 1. The third-order valence-electron chi connectivity index (χ3n) is 9.35. The second-order valence-corrected chi connectivity index (χ2v) is 12.0. The summed E-state index contributed by atoms with van der Waals surface area (Å²) in [5, 5.41) is 0.787. The van der Waals surface area contributed by atoms with E-state index in [-0.39, 0.29) is 37.2 Å². The zero-order chi connectivity index (χ0) is 29.0. The molecule has 42 heavy (non-hydrogen) atoms. The monoisotopic (exact) mass is 567 g/mol. The lowest BCUT2D eigenvalue weighted by atomic mass is 9.97. The van der Waals surface area contributed by atoms with E-state index in [0.717, 1.165) is 29.0 Å². The van der Waals surface area contributed by atoms with E-state index in [0.29, 0.717) is 50.0 Å². The fraction of sp³-hybridized carbons (Fsp3) is 0.469. The number of ether oxygens (including phenoxy) is 1. The zero-order valence-corrected chi connectivity index (χ0v) is 23.7. The number of benzene rings is 1. The maximum absolute atomic E-state index is 14.0. The van der Waals surface area contributed by atoms with Gasteiger partial charge in [-0.1, -0.05) is 24.8 Å². The van der Waals surface area contributed by atoms with Gasteiger partial charge in [-0.3, -0.25) is 9.69 Å². The fourth-order valence-electron chi connectivity index (χ4n) is 7.09. The molecule has 0 spiro atoms. The lowest BCUT2D eigenvalue weighted by Gasteiger charge is -2.39. The Labute approximate surface area is 244 Å². The van der Waals surface area contributed by atoms with Crippen molar-refractivity contribution in [3.05, 3.63) is 65.5 Å². The summed E-state index contributed by atoms with van der Waals surface area (Å²) in [4.78, 5) is 36.5. The second kappa shape index (κ2) is 10.6. The average Bonchev–Trinajstić information content (AvgIpc) is 3.54. The molecule has 2 saturated heterocycles. The first-order chi connectivity index (χ1) is 20.4. The van der Waals surface area contributed by atoms with Gasteiger partial charge in [0, 0.05) is 37.8 Å². The van der Waals surface area contributed by atoms with Crippen LogP contribution in [0.2, 0.25) is 0 Å². The maximum atomic E-state index is 14.0. The highest BCUT2D eigenvalue weighted by Gasteiger charge is 2.46. The Morgan fingerprint density at radius 2 is 2.05 bits per heavy atom. The first kappa shape index (κ1) is 26.8. The van der Waals surface area contributed by atoms with Crippen molar-refractivity contribution >= 4 is 22.8 Å². The molecule has 0 bridgehead atoms. The van der Waals surface area contributed by atoms with Crippen molar-refractivity contribution in [2.45, 2.75) is 43.4 Å². The van der Waals surface area contributed by atoms with Crippen molar-refractivity contribution in [3.8, 4) is 17.3 Å². The zero-order valence-electron chi connectivity index (χ0n) is 23.7. The summed E-state index contributed by atoms with van der Waals surface area (Å²) in [6, 6.07) is 10.4. The van der Waals surface area contributed by atoms with Crippen molar-refractivity contribution in [1.29, 1.82) is 0 Å². The number of piperazine rings is 1. The standard InChI is InChI=1S/C32H34FN7O2/c1-4-28(41)40-11-10-39(17-23(40)15-34-2)31-25-8-9-27(24-7-5-6-19-12-20-13-26(20)29(19)24)35-30(25)36-32(37-31)42-18-22-14-21(33)16-38(22)3/h4-9,20-23,26H,1,10-18H2,3H3/t20?,21-,22+,23+,26?/m1/s1. The number of alkyl halides is 1. The van der Waals surface area contributed by atoms with Gasteiger partial charge >= 0.3 is 6.01 Å². The second-order valence-electron chi connectivity index (χ2n) is 12.0. The summed E-state index contributed by atoms with van der Waals surface area (Å²) < 4.78 is 20.1. The van der Waals surface area contributed by atoms with Gasteiger partial charge in [0.15, 0.2) is 5.65 Å². The molecule has 9 nitrogen and oxygen atoms in total. The minimum atomic E-state index is -0.867. The van der Waals surface area contributed by atoms with Crippen LogP contribution in [0.25, 0.3) is 27.1 Å². The summed E-state index contributed by atoms with van der Waals surface area (Å²) >= 11 is 0. The van der Waals surface area contributed by atoms with E-state index in [1.165, 1.54) is 23.6 Å². The van der Waals surface area contributed by atoms with Gasteiger partial charge in [0.1, 0.15) is 24.6 Å². The number of rotatable bonds is 7. The number of fused-ring (bicyclic) bond motifs is 4. The van der Waals surface area contributed by atoms with Crippen molar-refractivity contribution in [2.24, 2.45) is 5.92 Å². The summed E-state index contributed by atoms with van der Waals surface area (Å²) in [5.74, 6) is 1.89. The van der Waals surface area contributed by atoms with Crippen LogP contribution in [0.5, 0.6) is 6.01 Å². The predicted octanol–water partition coefficient (Wildman–Crippen LogP) is 3.89. The number of amides is 1. The van der Waals surface area contributed by atoms with Crippen LogP contribution in [0, 0.1) is 12.5 Å². The van der Waals surface area contributed by atoms with Crippen molar-refractivity contribution in [1.82, 2.24) is 24.8 Å². The number of nitrogens with zero attached hydrogens (tertiary/aromatic N) is 7. The molecule has 4 aliphatic rings. The third kappa shape index (κ3) is 4.75. The Kier molecular flexibility index (Phi) is 6.77. The summed E-state index contributed by atoms with van der Waals surface area (Å²) in [7, 11) is 1.90. The topological polar surface area (TPSA) is 79.1 Å². The Balaban J connectivity index is 1.26. The van der Waals surface area contributed by atoms with Crippen LogP contribution < -0.4 is 9.64 Å². The van der Waals surface area contributed by atoms with Gasteiger partial charge in [-0.15, -0.1) is 0 Å². The highest BCUT2D eigenvalue weighted by atomic mass is 19.1. The number of hydrogen-bond acceptors (Lipinski definition) is 7. The number of carbonyl (C=O) groups excluding carboxylic acids is 1. The molecule has 0 N–H and O–H groups in total. The summed E-state index contributed by atoms with van der Waals surface area (Å²) in [6.45, 7) is 13.4. The minimum absolute atomic E-state index is 0.0584. The smallest absolute Gasteiger partial charge is 0.320 e. The molecule has 3 aromatic rings. The molecular weight excluding hydrogens is 533 g/mol. The van der Waals surface area contributed by atoms with Gasteiger partial charge in [-0.25, -0.2) is 15.9 Å². The predicted molar refractivity (Wildman–Crippen MR) is 158 cm³/mol. The van der Waals surface area contributed by atoms with E-state index in [1.54, 1.807) is 4.90 Å². The van der Waals surface area contributed by atoms with Crippen molar-refractivity contribution < 1.29 is 13.9 Å². The number of aromatic nitrogens is 3. The van der Waals surface area contributed by atoms with Crippen LogP contribution in [0.3, 0.4) is 0 Å². The average molecular weight is 568 g/mol. The van der Waals surface area contributed by atoms with Gasteiger partial charge in [-0.2, -0.15) is 9.97 Å². The summed E-state index contributed by atoms with van der Waals surface area (Å²) in [5.41, 5.74) is 5.43. The molecule has 0 radical (unpaired) electrons. The normalized spacial score (nSPS) is 26.5. The Bertz CT molecular complexity index is 1610. The molecule has 2 unspecified atom stereocenters.